The van der Waals surface area contributed by atoms with Crippen molar-refractivity contribution in [2.75, 3.05) is 6.54 Å². The third-order valence-electron chi connectivity index (χ3n) is 4.20. The number of nitrogens with one attached hydrogen (secondary N) is 1. The van der Waals surface area contributed by atoms with Gasteiger partial charge in [0.25, 0.3) is 0 Å². The van der Waals surface area contributed by atoms with E-state index in [4.69, 9.17) is 5.73 Å². The maximum Gasteiger partial charge on any atom is 0.227 e. The summed E-state index contributed by atoms with van der Waals surface area (Å²) >= 11 is 5.14. The summed E-state index contributed by atoms with van der Waals surface area (Å²) in [6, 6.07) is 2.01. The summed E-state index contributed by atoms with van der Waals surface area (Å²) in [5.74, 6) is 0.848. The zero-order valence-electron chi connectivity index (χ0n) is 11.2. The molecule has 0 aliphatic heterocycles. The van der Waals surface area contributed by atoms with Crippen molar-refractivity contribution in [1.82, 2.24) is 5.32 Å². The van der Waals surface area contributed by atoms with E-state index in [1.807, 2.05) is 11.4 Å². The van der Waals surface area contributed by atoms with Gasteiger partial charge in [-0.05, 0) is 59.0 Å². The number of halogens is 1. The molecule has 0 bridgehead atoms. The molecule has 1 amide bonds. The highest BCUT2D eigenvalue weighted by atomic mass is 79.9. The second-order valence-electron chi connectivity index (χ2n) is 5.54. The van der Waals surface area contributed by atoms with Gasteiger partial charge in [-0.15, -0.1) is 11.3 Å². The first-order valence-electron chi connectivity index (χ1n) is 6.77. The lowest BCUT2D eigenvalue weighted by Crippen LogP contribution is -2.47. The predicted octanol–water partition coefficient (Wildman–Crippen LogP) is 3.28. The number of hydrogen-bond acceptors (Lipinski definition) is 3. The zero-order valence-corrected chi connectivity index (χ0v) is 13.6. The Morgan fingerprint density at radius 3 is 2.79 bits per heavy atom. The van der Waals surface area contributed by atoms with Gasteiger partial charge in [0.1, 0.15) is 0 Å². The Morgan fingerprint density at radius 1 is 1.58 bits per heavy atom. The predicted molar refractivity (Wildman–Crippen MR) is 83.0 cm³/mol. The van der Waals surface area contributed by atoms with Crippen molar-refractivity contribution in [1.29, 1.82) is 0 Å². The SMILES string of the molecule is CC1CCC(CN)(C(=O)NCc2sccc2Br)CC1. The van der Waals surface area contributed by atoms with Crippen molar-refractivity contribution in [2.24, 2.45) is 17.1 Å². The van der Waals surface area contributed by atoms with E-state index in [0.29, 0.717) is 13.1 Å². The maximum atomic E-state index is 12.5. The molecule has 2 rings (SSSR count). The van der Waals surface area contributed by atoms with Crippen LogP contribution in [-0.2, 0) is 11.3 Å². The molecule has 0 radical (unpaired) electrons. The highest BCUT2D eigenvalue weighted by molar-refractivity contribution is 9.10. The summed E-state index contributed by atoms with van der Waals surface area (Å²) in [5.41, 5.74) is 5.56. The first-order chi connectivity index (χ1) is 9.07. The van der Waals surface area contributed by atoms with Gasteiger partial charge in [0.2, 0.25) is 5.91 Å². The highest BCUT2D eigenvalue weighted by Crippen LogP contribution is 2.38. The summed E-state index contributed by atoms with van der Waals surface area (Å²) in [7, 11) is 0. The Balaban J connectivity index is 1.96. The van der Waals surface area contributed by atoms with Crippen LogP contribution in [0.2, 0.25) is 0 Å². The largest absolute Gasteiger partial charge is 0.351 e. The van der Waals surface area contributed by atoms with Crippen molar-refractivity contribution in [3.63, 3.8) is 0 Å². The van der Waals surface area contributed by atoms with Gasteiger partial charge in [-0.1, -0.05) is 6.92 Å². The van der Waals surface area contributed by atoms with Gasteiger partial charge in [0.05, 0.1) is 12.0 Å². The number of carbonyl (C=O) groups excluding carboxylic acids is 1. The van der Waals surface area contributed by atoms with Crippen LogP contribution in [0.25, 0.3) is 0 Å². The molecule has 1 aliphatic carbocycles. The van der Waals surface area contributed by atoms with Gasteiger partial charge >= 0.3 is 0 Å². The van der Waals surface area contributed by atoms with Crippen LogP contribution in [0.15, 0.2) is 15.9 Å². The Kier molecular flexibility index (Phi) is 5.03. The molecule has 1 fully saturated rings. The molecule has 3 N–H and O–H groups in total. The summed E-state index contributed by atoms with van der Waals surface area (Å²) in [6.45, 7) is 3.30. The summed E-state index contributed by atoms with van der Waals surface area (Å²) in [5, 5.41) is 5.08. The Morgan fingerprint density at radius 2 is 2.26 bits per heavy atom. The van der Waals surface area contributed by atoms with Gasteiger partial charge in [0, 0.05) is 15.9 Å². The molecular weight excluding hydrogens is 324 g/mol. The van der Waals surface area contributed by atoms with E-state index in [2.05, 4.69) is 28.2 Å². The van der Waals surface area contributed by atoms with Crippen LogP contribution in [0.5, 0.6) is 0 Å². The van der Waals surface area contributed by atoms with Crippen LogP contribution in [0.4, 0.5) is 0 Å². The molecule has 5 heteroatoms. The molecule has 0 unspecified atom stereocenters. The Labute approximate surface area is 127 Å². The number of nitrogens with two attached hydrogens (primary N) is 1. The third-order valence-corrected chi connectivity index (χ3v) is 6.13. The molecule has 1 aromatic heterocycles. The van der Waals surface area contributed by atoms with E-state index >= 15 is 0 Å². The summed E-state index contributed by atoms with van der Waals surface area (Å²) in [4.78, 5) is 13.6. The van der Waals surface area contributed by atoms with Crippen LogP contribution in [0.3, 0.4) is 0 Å². The first-order valence-corrected chi connectivity index (χ1v) is 8.45. The van der Waals surface area contributed by atoms with Crippen LogP contribution >= 0.6 is 27.3 Å². The van der Waals surface area contributed by atoms with Gasteiger partial charge in [0.15, 0.2) is 0 Å². The molecule has 1 saturated carbocycles. The minimum atomic E-state index is -0.337. The number of hydrogen-bond donors (Lipinski definition) is 2. The maximum absolute atomic E-state index is 12.5. The number of rotatable bonds is 4. The topological polar surface area (TPSA) is 55.1 Å². The van der Waals surface area contributed by atoms with Gasteiger partial charge in [-0.2, -0.15) is 0 Å². The van der Waals surface area contributed by atoms with E-state index in [-0.39, 0.29) is 11.3 Å². The molecular formula is C14H21BrN2OS. The van der Waals surface area contributed by atoms with E-state index in [0.717, 1.165) is 41.0 Å². The lowest BCUT2D eigenvalue weighted by Gasteiger charge is -2.37. The van der Waals surface area contributed by atoms with Crippen LogP contribution < -0.4 is 11.1 Å². The molecule has 1 heterocycles. The van der Waals surface area contributed by atoms with E-state index in [1.54, 1.807) is 11.3 Å². The molecule has 3 nitrogen and oxygen atoms in total. The Bertz CT molecular complexity index is 438. The van der Waals surface area contributed by atoms with Crippen LogP contribution in [0, 0.1) is 11.3 Å². The lowest BCUT2D eigenvalue weighted by molar-refractivity contribution is -0.133. The smallest absolute Gasteiger partial charge is 0.227 e. The average molecular weight is 345 g/mol. The minimum Gasteiger partial charge on any atom is -0.351 e. The number of amides is 1. The van der Waals surface area contributed by atoms with Gasteiger partial charge in [-0.3, -0.25) is 4.79 Å². The fourth-order valence-electron chi connectivity index (χ4n) is 2.64. The van der Waals surface area contributed by atoms with E-state index in [1.165, 1.54) is 0 Å². The molecule has 1 aliphatic rings. The second kappa shape index (κ2) is 6.37. The van der Waals surface area contributed by atoms with Crippen molar-refractivity contribution in [2.45, 2.75) is 39.2 Å². The molecule has 0 atom stereocenters. The molecule has 19 heavy (non-hydrogen) atoms. The summed E-state index contributed by atoms with van der Waals surface area (Å²) < 4.78 is 1.07. The molecule has 0 spiro atoms. The Hall–Kier alpha value is -0.390. The van der Waals surface area contributed by atoms with Crippen molar-refractivity contribution >= 4 is 33.2 Å². The molecule has 106 valence electrons. The number of carbonyl (C=O) groups is 1. The molecule has 0 aromatic carbocycles. The fourth-order valence-corrected chi connectivity index (χ4v) is 4.07. The average Bonchev–Trinajstić information content (AvgIpc) is 2.83. The van der Waals surface area contributed by atoms with Crippen LogP contribution in [-0.4, -0.2) is 12.5 Å². The van der Waals surface area contributed by atoms with Crippen molar-refractivity contribution < 1.29 is 4.79 Å². The van der Waals surface area contributed by atoms with Crippen molar-refractivity contribution in [3.8, 4) is 0 Å². The molecule has 1 aromatic rings. The van der Waals surface area contributed by atoms with Crippen LogP contribution in [0.1, 0.15) is 37.5 Å². The standard InChI is InChI=1S/C14H21BrN2OS/c1-10-2-5-14(9-16,6-3-10)13(18)17-8-12-11(15)4-7-19-12/h4,7,10H,2-3,5-6,8-9,16H2,1H3,(H,17,18). The molecule has 0 saturated heterocycles. The van der Waals surface area contributed by atoms with Gasteiger partial charge in [-0.25, -0.2) is 0 Å². The monoisotopic (exact) mass is 344 g/mol. The van der Waals surface area contributed by atoms with E-state index < -0.39 is 0 Å². The third kappa shape index (κ3) is 3.38. The highest BCUT2D eigenvalue weighted by Gasteiger charge is 2.39. The normalized spacial score (nSPS) is 27.2. The quantitative estimate of drug-likeness (QED) is 0.880. The van der Waals surface area contributed by atoms with E-state index in [9.17, 15) is 4.79 Å². The summed E-state index contributed by atoms with van der Waals surface area (Å²) in [6.07, 6.45) is 4.05. The second-order valence-corrected chi connectivity index (χ2v) is 7.40. The minimum absolute atomic E-state index is 0.127. The number of thiophene rings is 1. The fraction of sp³-hybridized carbons (Fsp3) is 0.643. The lowest BCUT2D eigenvalue weighted by atomic mass is 9.70. The van der Waals surface area contributed by atoms with Gasteiger partial charge < -0.3 is 11.1 Å². The zero-order chi connectivity index (χ0) is 13.9. The van der Waals surface area contributed by atoms with Crippen molar-refractivity contribution in [3.05, 3.63) is 20.8 Å². The first kappa shape index (κ1) is 15.0.